The summed E-state index contributed by atoms with van der Waals surface area (Å²) in [6, 6.07) is 8.74. The molecule has 4 aromatic rings. The summed E-state index contributed by atoms with van der Waals surface area (Å²) in [5.41, 5.74) is 0.338. The lowest BCUT2D eigenvalue weighted by molar-refractivity contribution is 0.0938. The van der Waals surface area contributed by atoms with Crippen molar-refractivity contribution in [3.8, 4) is 0 Å². The highest BCUT2D eigenvalue weighted by Gasteiger charge is 2.21. The molecule has 0 bridgehead atoms. The lowest BCUT2D eigenvalue weighted by atomic mass is 10.1. The predicted octanol–water partition coefficient (Wildman–Crippen LogP) is 2.86. The van der Waals surface area contributed by atoms with Crippen molar-refractivity contribution in [1.29, 1.82) is 0 Å². The second-order valence-electron chi connectivity index (χ2n) is 8.36. The third-order valence-electron chi connectivity index (χ3n) is 6.18. The molecule has 1 aliphatic rings. The fourth-order valence-electron chi connectivity index (χ4n) is 4.39. The number of halogens is 2. The Labute approximate surface area is 192 Å². The Hall–Kier alpha value is -3.46. The van der Waals surface area contributed by atoms with Crippen LogP contribution in [0.1, 0.15) is 41.6 Å². The summed E-state index contributed by atoms with van der Waals surface area (Å²) < 4.78 is 17.1. The van der Waals surface area contributed by atoms with Crippen molar-refractivity contribution in [3.63, 3.8) is 0 Å². The molecular formula is C23H21ClFN5O3. The first-order chi connectivity index (χ1) is 15.8. The largest absolute Gasteiger partial charge is 0.352 e. The minimum atomic E-state index is -0.501. The summed E-state index contributed by atoms with van der Waals surface area (Å²) in [5, 5.41) is 7.80. The third kappa shape index (κ3) is 3.72. The van der Waals surface area contributed by atoms with Gasteiger partial charge in [-0.25, -0.2) is 18.3 Å². The number of hydrogen-bond donors (Lipinski definition) is 1. The number of aromatic nitrogens is 4. The van der Waals surface area contributed by atoms with E-state index in [1.807, 2.05) is 0 Å². The quantitative estimate of drug-likeness (QED) is 0.497. The Balaban J connectivity index is 1.64. The number of benzene rings is 2. The summed E-state index contributed by atoms with van der Waals surface area (Å²) in [4.78, 5) is 39.0. The number of hydrogen-bond acceptors (Lipinski definition) is 4. The maximum Gasteiger partial charge on any atom is 0.352 e. The Morgan fingerprint density at radius 1 is 1.18 bits per heavy atom. The number of carbonyl (C=O) groups excluding carboxylic acids is 1. The number of rotatable bonds is 4. The van der Waals surface area contributed by atoms with Gasteiger partial charge in [-0.3, -0.25) is 14.2 Å². The first kappa shape index (κ1) is 21.4. The standard InChI is InChI=1S/C23H21ClFN5O3/c1-28-21(32)17-9-7-13(20(31)26-16-4-2-3-5-16)10-19(17)30-22(28)27-29(23(30)33)12-14-6-8-15(25)11-18(14)24/h6-11,16H,2-5,12H2,1H3,(H,26,31). The van der Waals surface area contributed by atoms with Gasteiger partial charge in [0.25, 0.3) is 11.5 Å². The second kappa shape index (κ2) is 8.15. The third-order valence-corrected chi connectivity index (χ3v) is 6.54. The Bertz CT molecular complexity index is 1530. The molecule has 33 heavy (non-hydrogen) atoms. The van der Waals surface area contributed by atoms with E-state index in [0.717, 1.165) is 31.7 Å². The van der Waals surface area contributed by atoms with E-state index in [1.54, 1.807) is 18.2 Å². The monoisotopic (exact) mass is 469 g/mol. The van der Waals surface area contributed by atoms with E-state index in [0.29, 0.717) is 22.0 Å². The van der Waals surface area contributed by atoms with Gasteiger partial charge in [0.1, 0.15) is 5.82 Å². The van der Waals surface area contributed by atoms with Crippen molar-refractivity contribution in [1.82, 2.24) is 24.1 Å². The molecule has 10 heteroatoms. The molecule has 1 N–H and O–H groups in total. The van der Waals surface area contributed by atoms with Crippen LogP contribution in [0.25, 0.3) is 16.7 Å². The van der Waals surface area contributed by atoms with Crippen molar-refractivity contribution in [2.75, 3.05) is 0 Å². The minimum absolute atomic E-state index is 0.00281. The fraction of sp³-hybridized carbons (Fsp3) is 0.304. The molecule has 2 aromatic heterocycles. The molecular weight excluding hydrogens is 449 g/mol. The van der Waals surface area contributed by atoms with Gasteiger partial charge in [-0.05, 0) is 48.7 Å². The zero-order valence-corrected chi connectivity index (χ0v) is 18.6. The number of carbonyl (C=O) groups is 1. The molecule has 8 nitrogen and oxygen atoms in total. The van der Waals surface area contributed by atoms with Gasteiger partial charge in [-0.1, -0.05) is 30.5 Å². The lowest BCUT2D eigenvalue weighted by Gasteiger charge is -2.12. The summed E-state index contributed by atoms with van der Waals surface area (Å²) in [6.07, 6.45) is 4.07. The first-order valence-electron chi connectivity index (χ1n) is 10.7. The fourth-order valence-corrected chi connectivity index (χ4v) is 4.61. The first-order valence-corrected chi connectivity index (χ1v) is 11.1. The van der Waals surface area contributed by atoms with Gasteiger partial charge in [-0.2, -0.15) is 0 Å². The van der Waals surface area contributed by atoms with Crippen LogP contribution in [0.3, 0.4) is 0 Å². The van der Waals surface area contributed by atoms with E-state index < -0.39 is 11.5 Å². The highest BCUT2D eigenvalue weighted by molar-refractivity contribution is 6.31. The van der Waals surface area contributed by atoms with Gasteiger partial charge in [0.2, 0.25) is 5.78 Å². The molecule has 5 rings (SSSR count). The zero-order chi connectivity index (χ0) is 23.3. The van der Waals surface area contributed by atoms with E-state index in [-0.39, 0.29) is 34.9 Å². The zero-order valence-electron chi connectivity index (χ0n) is 17.8. The van der Waals surface area contributed by atoms with Gasteiger partial charge in [0, 0.05) is 23.7 Å². The lowest BCUT2D eigenvalue weighted by Crippen LogP contribution is -2.32. The van der Waals surface area contributed by atoms with Crippen LogP contribution in [0, 0.1) is 5.82 Å². The van der Waals surface area contributed by atoms with E-state index in [9.17, 15) is 18.8 Å². The second-order valence-corrected chi connectivity index (χ2v) is 8.77. The Morgan fingerprint density at radius 3 is 2.67 bits per heavy atom. The van der Waals surface area contributed by atoms with E-state index in [4.69, 9.17) is 11.6 Å². The maximum atomic E-state index is 13.4. The van der Waals surface area contributed by atoms with Crippen LogP contribution >= 0.6 is 11.6 Å². The van der Waals surface area contributed by atoms with Crippen LogP contribution in [-0.4, -0.2) is 30.7 Å². The van der Waals surface area contributed by atoms with Gasteiger partial charge in [0.05, 0.1) is 17.4 Å². The number of nitrogens with one attached hydrogen (secondary N) is 1. The Morgan fingerprint density at radius 2 is 1.94 bits per heavy atom. The van der Waals surface area contributed by atoms with Crippen LogP contribution in [0.15, 0.2) is 46.0 Å². The van der Waals surface area contributed by atoms with E-state index in [2.05, 4.69) is 10.4 Å². The summed E-state index contributed by atoms with van der Waals surface area (Å²) >= 11 is 6.12. The topological polar surface area (TPSA) is 90.4 Å². The van der Waals surface area contributed by atoms with Gasteiger partial charge >= 0.3 is 5.69 Å². The number of fused-ring (bicyclic) bond motifs is 3. The van der Waals surface area contributed by atoms with Crippen LogP contribution in [0.5, 0.6) is 0 Å². The molecule has 2 heterocycles. The maximum absolute atomic E-state index is 13.4. The highest BCUT2D eigenvalue weighted by Crippen LogP contribution is 2.20. The van der Waals surface area contributed by atoms with Crippen molar-refractivity contribution in [2.24, 2.45) is 7.05 Å². The summed E-state index contributed by atoms with van der Waals surface area (Å²) in [6.45, 7) is -0.00281. The molecule has 170 valence electrons. The molecule has 0 atom stereocenters. The Kier molecular flexibility index (Phi) is 5.28. The number of aryl methyl sites for hydroxylation is 1. The van der Waals surface area contributed by atoms with E-state index >= 15 is 0 Å². The number of amides is 1. The molecule has 0 aliphatic heterocycles. The average Bonchev–Trinajstić information content (AvgIpc) is 3.41. The predicted molar refractivity (Wildman–Crippen MR) is 122 cm³/mol. The molecule has 1 fully saturated rings. The molecule has 2 aromatic carbocycles. The molecule has 0 radical (unpaired) electrons. The van der Waals surface area contributed by atoms with Gasteiger partial charge < -0.3 is 5.32 Å². The molecule has 0 saturated heterocycles. The van der Waals surface area contributed by atoms with Gasteiger partial charge in [-0.15, -0.1) is 5.10 Å². The average molecular weight is 470 g/mol. The molecule has 1 saturated carbocycles. The van der Waals surface area contributed by atoms with E-state index in [1.165, 1.54) is 32.8 Å². The van der Waals surface area contributed by atoms with Crippen molar-refractivity contribution in [2.45, 2.75) is 38.3 Å². The SMILES string of the molecule is Cn1c(=O)c2ccc(C(=O)NC3CCCC3)cc2n2c(=O)n(Cc3ccc(F)cc3Cl)nc12. The smallest absolute Gasteiger partial charge is 0.349 e. The normalized spacial score (nSPS) is 14.4. The number of nitrogens with zero attached hydrogens (tertiary/aromatic N) is 4. The van der Waals surface area contributed by atoms with Crippen molar-refractivity contribution < 1.29 is 9.18 Å². The van der Waals surface area contributed by atoms with Crippen LogP contribution in [-0.2, 0) is 13.6 Å². The van der Waals surface area contributed by atoms with Crippen LogP contribution < -0.4 is 16.6 Å². The van der Waals surface area contributed by atoms with Gasteiger partial charge in [0.15, 0.2) is 0 Å². The van der Waals surface area contributed by atoms with Crippen LogP contribution in [0.4, 0.5) is 4.39 Å². The van der Waals surface area contributed by atoms with Crippen LogP contribution in [0.2, 0.25) is 5.02 Å². The molecule has 1 aliphatic carbocycles. The summed E-state index contributed by atoms with van der Waals surface area (Å²) in [7, 11) is 1.53. The highest BCUT2D eigenvalue weighted by atomic mass is 35.5. The molecule has 0 spiro atoms. The molecule has 0 unspecified atom stereocenters. The molecule has 1 amide bonds. The van der Waals surface area contributed by atoms with Crippen molar-refractivity contribution >= 4 is 34.2 Å². The van der Waals surface area contributed by atoms with Crippen molar-refractivity contribution in [3.05, 3.63) is 79.2 Å². The minimum Gasteiger partial charge on any atom is -0.349 e. The summed E-state index contributed by atoms with van der Waals surface area (Å²) in [5.74, 6) is -0.594.